The molecule has 1 heterocycles. The standard InChI is InChI=1S/C18H15N3O2S/c1-21-16-9-8-15(18(23-2)14(16)7-10-17(21)22)20-24-13-5-3-12(11-19)4-6-13/h3-10,20H,1-2H3. The van der Waals surface area contributed by atoms with Crippen LogP contribution in [-0.2, 0) is 7.05 Å². The van der Waals surface area contributed by atoms with Gasteiger partial charge in [-0.2, -0.15) is 5.26 Å². The maximum Gasteiger partial charge on any atom is 0.250 e. The SMILES string of the molecule is COc1c(NSc2ccc(C#N)cc2)ccc2c1ccc(=O)n2C. The van der Waals surface area contributed by atoms with E-state index >= 15 is 0 Å². The van der Waals surface area contributed by atoms with Crippen molar-refractivity contribution in [2.24, 2.45) is 7.05 Å². The quantitative estimate of drug-likeness (QED) is 0.738. The number of rotatable bonds is 4. The molecule has 0 bridgehead atoms. The highest BCUT2D eigenvalue weighted by molar-refractivity contribution is 8.00. The first-order chi connectivity index (χ1) is 11.6. The highest BCUT2D eigenvalue weighted by Crippen LogP contribution is 2.35. The van der Waals surface area contributed by atoms with Crippen LogP contribution in [0.5, 0.6) is 5.75 Å². The van der Waals surface area contributed by atoms with Gasteiger partial charge in [-0.15, -0.1) is 0 Å². The van der Waals surface area contributed by atoms with Gasteiger partial charge in [0.1, 0.15) is 0 Å². The molecule has 0 aliphatic rings. The first kappa shape index (κ1) is 16.0. The Hall–Kier alpha value is -2.91. The van der Waals surface area contributed by atoms with E-state index < -0.39 is 0 Å². The third-order valence-electron chi connectivity index (χ3n) is 3.72. The summed E-state index contributed by atoms with van der Waals surface area (Å²) in [5.41, 5.74) is 2.20. The first-order valence-corrected chi connectivity index (χ1v) is 8.05. The molecule has 0 fully saturated rings. The Labute approximate surface area is 143 Å². The fourth-order valence-corrected chi connectivity index (χ4v) is 3.10. The zero-order valence-corrected chi connectivity index (χ0v) is 14.1. The molecule has 1 N–H and O–H groups in total. The van der Waals surface area contributed by atoms with Gasteiger partial charge in [0.2, 0.25) is 0 Å². The van der Waals surface area contributed by atoms with Crippen molar-refractivity contribution in [3.8, 4) is 11.8 Å². The van der Waals surface area contributed by atoms with E-state index in [1.807, 2.05) is 24.3 Å². The van der Waals surface area contributed by atoms with Crippen LogP contribution >= 0.6 is 11.9 Å². The molecular weight excluding hydrogens is 322 g/mol. The van der Waals surface area contributed by atoms with Crippen LogP contribution in [0.2, 0.25) is 0 Å². The number of aromatic nitrogens is 1. The summed E-state index contributed by atoms with van der Waals surface area (Å²) in [5.74, 6) is 0.684. The minimum Gasteiger partial charge on any atom is -0.494 e. The van der Waals surface area contributed by atoms with Crippen molar-refractivity contribution in [3.05, 3.63) is 64.4 Å². The van der Waals surface area contributed by atoms with Gasteiger partial charge in [0, 0.05) is 23.4 Å². The van der Waals surface area contributed by atoms with E-state index in [0.717, 1.165) is 21.5 Å². The molecule has 6 heteroatoms. The summed E-state index contributed by atoms with van der Waals surface area (Å²) in [6, 6.07) is 16.5. The zero-order chi connectivity index (χ0) is 17.1. The predicted octanol–water partition coefficient (Wildman–Crippen LogP) is 3.54. The van der Waals surface area contributed by atoms with E-state index in [9.17, 15) is 4.79 Å². The Balaban J connectivity index is 1.93. The van der Waals surface area contributed by atoms with Gasteiger partial charge in [0.05, 0.1) is 29.9 Å². The summed E-state index contributed by atoms with van der Waals surface area (Å²) in [6.45, 7) is 0. The molecule has 3 rings (SSSR count). The molecular formula is C18H15N3O2S. The molecule has 120 valence electrons. The number of anilines is 1. The summed E-state index contributed by atoms with van der Waals surface area (Å²) >= 11 is 1.43. The molecule has 5 nitrogen and oxygen atoms in total. The van der Waals surface area contributed by atoms with Crippen LogP contribution in [0.4, 0.5) is 5.69 Å². The van der Waals surface area contributed by atoms with Gasteiger partial charge < -0.3 is 14.0 Å². The number of ether oxygens (including phenoxy) is 1. The Kier molecular flexibility index (Phi) is 4.45. The topological polar surface area (TPSA) is 67.0 Å². The molecule has 0 amide bonds. The van der Waals surface area contributed by atoms with E-state index in [-0.39, 0.29) is 5.56 Å². The number of aryl methyl sites for hydroxylation is 1. The van der Waals surface area contributed by atoms with Gasteiger partial charge in [0.25, 0.3) is 5.56 Å². The fourth-order valence-electron chi connectivity index (χ4n) is 2.44. The van der Waals surface area contributed by atoms with Gasteiger partial charge in [-0.05, 0) is 54.4 Å². The second-order valence-corrected chi connectivity index (χ2v) is 6.03. The van der Waals surface area contributed by atoms with Crippen molar-refractivity contribution in [1.82, 2.24) is 4.57 Å². The number of hydrogen-bond acceptors (Lipinski definition) is 5. The van der Waals surface area contributed by atoms with Crippen molar-refractivity contribution >= 4 is 28.5 Å². The number of hydrogen-bond donors (Lipinski definition) is 1. The smallest absolute Gasteiger partial charge is 0.250 e. The molecule has 0 aliphatic carbocycles. The summed E-state index contributed by atoms with van der Waals surface area (Å²) < 4.78 is 10.4. The van der Waals surface area contributed by atoms with Crippen LogP contribution in [0, 0.1) is 11.3 Å². The molecule has 0 aliphatic heterocycles. The second-order valence-electron chi connectivity index (χ2n) is 5.15. The van der Waals surface area contributed by atoms with Gasteiger partial charge in [0.15, 0.2) is 5.75 Å². The third kappa shape index (κ3) is 2.94. The summed E-state index contributed by atoms with van der Waals surface area (Å²) in [5, 5.41) is 9.70. The Morgan fingerprint density at radius 2 is 1.88 bits per heavy atom. The highest BCUT2D eigenvalue weighted by atomic mass is 32.2. The maximum absolute atomic E-state index is 11.8. The lowest BCUT2D eigenvalue weighted by atomic mass is 10.1. The van der Waals surface area contributed by atoms with Crippen LogP contribution in [0.1, 0.15) is 5.56 Å². The van der Waals surface area contributed by atoms with Gasteiger partial charge in [-0.1, -0.05) is 0 Å². The van der Waals surface area contributed by atoms with Gasteiger partial charge in [-0.3, -0.25) is 4.79 Å². The number of benzene rings is 2. The average molecular weight is 337 g/mol. The summed E-state index contributed by atoms with van der Waals surface area (Å²) in [7, 11) is 3.35. The molecule has 2 aromatic carbocycles. The molecule has 0 atom stereocenters. The largest absolute Gasteiger partial charge is 0.494 e. The lowest BCUT2D eigenvalue weighted by molar-refractivity contribution is 0.422. The van der Waals surface area contributed by atoms with Crippen LogP contribution < -0.4 is 15.0 Å². The number of pyridine rings is 1. The number of methoxy groups -OCH3 is 1. The molecule has 3 aromatic rings. The van der Waals surface area contributed by atoms with Gasteiger partial charge in [-0.25, -0.2) is 0 Å². The van der Waals surface area contributed by atoms with Crippen LogP contribution in [0.3, 0.4) is 0 Å². The molecule has 0 radical (unpaired) electrons. The van der Waals surface area contributed by atoms with E-state index in [2.05, 4.69) is 10.8 Å². The fraction of sp³-hybridized carbons (Fsp3) is 0.111. The predicted molar refractivity (Wildman–Crippen MR) is 96.4 cm³/mol. The number of nitrogens with zero attached hydrogens (tertiary/aromatic N) is 2. The van der Waals surface area contributed by atoms with Crippen molar-refractivity contribution < 1.29 is 4.74 Å². The second kappa shape index (κ2) is 6.69. The average Bonchev–Trinajstić information content (AvgIpc) is 2.63. The van der Waals surface area contributed by atoms with Crippen molar-refractivity contribution in [1.29, 1.82) is 5.26 Å². The Bertz CT molecular complexity index is 988. The van der Waals surface area contributed by atoms with Crippen molar-refractivity contribution in [2.45, 2.75) is 4.90 Å². The van der Waals surface area contributed by atoms with E-state index in [4.69, 9.17) is 10.00 Å². The monoisotopic (exact) mass is 337 g/mol. The maximum atomic E-state index is 11.8. The van der Waals surface area contributed by atoms with Crippen LogP contribution in [-0.4, -0.2) is 11.7 Å². The van der Waals surface area contributed by atoms with Crippen molar-refractivity contribution in [3.63, 3.8) is 0 Å². The van der Waals surface area contributed by atoms with Crippen LogP contribution in [0.25, 0.3) is 10.9 Å². The van der Waals surface area contributed by atoms with E-state index in [1.165, 1.54) is 18.0 Å². The van der Waals surface area contributed by atoms with E-state index in [0.29, 0.717) is 11.3 Å². The Morgan fingerprint density at radius 3 is 2.54 bits per heavy atom. The number of nitrogens with one attached hydrogen (secondary N) is 1. The molecule has 24 heavy (non-hydrogen) atoms. The molecule has 1 aromatic heterocycles. The molecule has 0 saturated heterocycles. The van der Waals surface area contributed by atoms with Crippen molar-refractivity contribution in [2.75, 3.05) is 11.8 Å². The lowest BCUT2D eigenvalue weighted by Crippen LogP contribution is -2.15. The first-order valence-electron chi connectivity index (χ1n) is 7.24. The normalized spacial score (nSPS) is 10.4. The minimum atomic E-state index is -0.0581. The van der Waals surface area contributed by atoms with Crippen LogP contribution in [0.15, 0.2) is 58.2 Å². The minimum absolute atomic E-state index is 0.0581. The summed E-state index contributed by atoms with van der Waals surface area (Å²) in [6.07, 6.45) is 0. The number of fused-ring (bicyclic) bond motifs is 1. The zero-order valence-electron chi connectivity index (χ0n) is 13.2. The molecule has 0 spiro atoms. The van der Waals surface area contributed by atoms with E-state index in [1.54, 1.807) is 36.9 Å². The lowest BCUT2D eigenvalue weighted by Gasteiger charge is -2.14. The van der Waals surface area contributed by atoms with Gasteiger partial charge >= 0.3 is 0 Å². The molecule has 0 unspecified atom stereocenters. The Morgan fingerprint density at radius 1 is 1.12 bits per heavy atom. The third-order valence-corrected chi connectivity index (χ3v) is 4.55. The summed E-state index contributed by atoms with van der Waals surface area (Å²) in [4.78, 5) is 12.7. The molecule has 0 saturated carbocycles. The number of nitriles is 1. The highest BCUT2D eigenvalue weighted by Gasteiger charge is 2.11.